The molecule has 5 nitrogen and oxygen atoms in total. The van der Waals surface area contributed by atoms with E-state index in [0.29, 0.717) is 6.07 Å². The van der Waals surface area contributed by atoms with E-state index in [1.54, 1.807) is 0 Å². The lowest BCUT2D eigenvalue weighted by Gasteiger charge is -2.00. The van der Waals surface area contributed by atoms with Crippen molar-refractivity contribution in [2.24, 2.45) is 5.73 Å². The van der Waals surface area contributed by atoms with Gasteiger partial charge in [-0.2, -0.15) is 0 Å². The van der Waals surface area contributed by atoms with Gasteiger partial charge in [0.25, 0.3) is 5.69 Å². The first-order valence-electron chi connectivity index (χ1n) is 4.09. The molecule has 6 heteroatoms. The second-order valence-corrected chi connectivity index (χ2v) is 2.76. The molecule has 1 aromatic carbocycles. The fourth-order valence-corrected chi connectivity index (χ4v) is 1.03. The number of halogens is 1. The van der Waals surface area contributed by atoms with Crippen LogP contribution in [0.2, 0.25) is 0 Å². The molecule has 0 radical (unpaired) electrons. The summed E-state index contributed by atoms with van der Waals surface area (Å²) in [6.07, 6.45) is 2.78. The molecular weight excluding hydrogens is 203 g/mol. The van der Waals surface area contributed by atoms with Crippen LogP contribution in [0.3, 0.4) is 0 Å². The van der Waals surface area contributed by atoms with Crippen molar-refractivity contribution in [2.45, 2.75) is 0 Å². The highest BCUT2D eigenvalue weighted by Crippen LogP contribution is 2.27. The minimum absolute atomic E-state index is 0.0344. The number of aromatic hydroxyl groups is 1. The van der Waals surface area contributed by atoms with Gasteiger partial charge in [0.1, 0.15) is 0 Å². The number of phenolic OH excluding ortho intramolecular Hbond substituents is 1. The first kappa shape index (κ1) is 11.1. The first-order valence-corrected chi connectivity index (χ1v) is 4.09. The molecule has 80 valence electrons. The number of hydrogen-bond acceptors (Lipinski definition) is 4. The maximum absolute atomic E-state index is 13.0. The van der Waals surface area contributed by atoms with Crippen molar-refractivity contribution in [2.75, 3.05) is 6.54 Å². The molecule has 1 aromatic rings. The van der Waals surface area contributed by atoms with Crippen molar-refractivity contribution < 1.29 is 14.4 Å². The zero-order chi connectivity index (χ0) is 11.4. The van der Waals surface area contributed by atoms with E-state index in [0.717, 1.165) is 6.07 Å². The van der Waals surface area contributed by atoms with Crippen LogP contribution in [0.4, 0.5) is 10.1 Å². The minimum Gasteiger partial charge on any atom is -0.504 e. The van der Waals surface area contributed by atoms with E-state index in [-0.39, 0.29) is 12.1 Å². The smallest absolute Gasteiger partial charge is 0.273 e. The Morgan fingerprint density at radius 1 is 1.60 bits per heavy atom. The van der Waals surface area contributed by atoms with Crippen LogP contribution >= 0.6 is 0 Å². The van der Waals surface area contributed by atoms with Crippen LogP contribution in [0.5, 0.6) is 5.75 Å². The normalized spacial score (nSPS) is 10.8. The fraction of sp³-hybridized carbons (Fsp3) is 0.111. The number of benzene rings is 1. The van der Waals surface area contributed by atoms with Crippen molar-refractivity contribution in [3.05, 3.63) is 39.7 Å². The summed E-state index contributed by atoms with van der Waals surface area (Å²) in [5, 5.41) is 19.6. The number of nitro benzene ring substituents is 1. The van der Waals surface area contributed by atoms with Gasteiger partial charge in [0.15, 0.2) is 11.6 Å². The zero-order valence-corrected chi connectivity index (χ0v) is 7.68. The van der Waals surface area contributed by atoms with Crippen LogP contribution in [0, 0.1) is 15.9 Å². The average molecular weight is 212 g/mol. The number of rotatable bonds is 3. The van der Waals surface area contributed by atoms with E-state index in [4.69, 9.17) is 5.73 Å². The molecule has 0 bridgehead atoms. The quantitative estimate of drug-likeness (QED) is 0.585. The van der Waals surface area contributed by atoms with Gasteiger partial charge in [-0.05, 0) is 0 Å². The van der Waals surface area contributed by atoms with Crippen molar-refractivity contribution in [1.29, 1.82) is 0 Å². The Hall–Kier alpha value is -1.95. The Kier molecular flexibility index (Phi) is 3.35. The minimum atomic E-state index is -1.03. The number of hydrogen-bond donors (Lipinski definition) is 2. The van der Waals surface area contributed by atoms with Crippen LogP contribution < -0.4 is 5.73 Å². The second kappa shape index (κ2) is 4.52. The summed E-state index contributed by atoms with van der Waals surface area (Å²) < 4.78 is 13.0. The van der Waals surface area contributed by atoms with Crippen molar-refractivity contribution in [1.82, 2.24) is 0 Å². The number of nitro groups is 1. The molecule has 0 saturated carbocycles. The lowest BCUT2D eigenvalue weighted by molar-refractivity contribution is -0.385. The molecule has 0 aliphatic rings. The lowest BCUT2D eigenvalue weighted by atomic mass is 10.1. The second-order valence-electron chi connectivity index (χ2n) is 2.76. The van der Waals surface area contributed by atoms with Crippen LogP contribution in [-0.2, 0) is 0 Å². The van der Waals surface area contributed by atoms with E-state index in [1.807, 2.05) is 0 Å². The Morgan fingerprint density at radius 3 is 2.80 bits per heavy atom. The average Bonchev–Trinajstić information content (AvgIpc) is 2.19. The topological polar surface area (TPSA) is 89.4 Å². The zero-order valence-electron chi connectivity index (χ0n) is 7.68. The predicted molar refractivity (Wildman–Crippen MR) is 52.8 cm³/mol. The van der Waals surface area contributed by atoms with Gasteiger partial charge in [0.05, 0.1) is 11.0 Å². The highest BCUT2D eigenvalue weighted by Gasteiger charge is 2.14. The summed E-state index contributed by atoms with van der Waals surface area (Å²) in [4.78, 5) is 9.67. The number of non-ortho nitro benzene ring substituents is 1. The van der Waals surface area contributed by atoms with E-state index < -0.39 is 22.2 Å². The molecule has 3 N–H and O–H groups in total. The monoisotopic (exact) mass is 212 g/mol. The molecule has 0 amide bonds. The van der Waals surface area contributed by atoms with Crippen LogP contribution in [0.25, 0.3) is 6.08 Å². The number of nitrogens with two attached hydrogens (primary N) is 1. The van der Waals surface area contributed by atoms with Gasteiger partial charge in [-0.25, -0.2) is 4.39 Å². The van der Waals surface area contributed by atoms with Gasteiger partial charge in [0, 0.05) is 18.2 Å². The summed E-state index contributed by atoms with van der Waals surface area (Å²) in [7, 11) is 0. The van der Waals surface area contributed by atoms with Crippen LogP contribution in [0.1, 0.15) is 5.56 Å². The molecule has 0 aliphatic heterocycles. The molecule has 15 heavy (non-hydrogen) atoms. The third-order valence-electron chi connectivity index (χ3n) is 1.72. The van der Waals surface area contributed by atoms with Gasteiger partial charge in [-0.15, -0.1) is 0 Å². The third kappa shape index (κ3) is 2.50. The molecule has 0 fully saturated rings. The molecule has 0 atom stereocenters. The largest absolute Gasteiger partial charge is 0.504 e. The molecule has 0 unspecified atom stereocenters. The SMILES string of the molecule is NC/C=C/c1cc([N+](=O)[O-])cc(F)c1O. The lowest BCUT2D eigenvalue weighted by Crippen LogP contribution is -1.94. The van der Waals surface area contributed by atoms with E-state index in [2.05, 4.69) is 0 Å². The molecular formula is C9H9FN2O3. The summed E-state index contributed by atoms with van der Waals surface area (Å²) in [6, 6.07) is 1.74. The van der Waals surface area contributed by atoms with Gasteiger partial charge in [-0.3, -0.25) is 10.1 Å². The van der Waals surface area contributed by atoms with Crippen LogP contribution in [0.15, 0.2) is 18.2 Å². The van der Waals surface area contributed by atoms with Crippen molar-refractivity contribution in [3.8, 4) is 5.75 Å². The Balaban J connectivity index is 3.24. The van der Waals surface area contributed by atoms with Crippen molar-refractivity contribution in [3.63, 3.8) is 0 Å². The summed E-state index contributed by atoms with van der Waals surface area (Å²) in [5.74, 6) is -1.65. The highest BCUT2D eigenvalue weighted by atomic mass is 19.1. The summed E-state index contributed by atoms with van der Waals surface area (Å²) >= 11 is 0. The van der Waals surface area contributed by atoms with Gasteiger partial charge in [-0.1, -0.05) is 12.2 Å². The number of nitrogens with zero attached hydrogens (tertiary/aromatic N) is 1. The maximum Gasteiger partial charge on any atom is 0.273 e. The van der Waals surface area contributed by atoms with E-state index in [9.17, 15) is 19.6 Å². The molecule has 0 saturated heterocycles. The number of phenols is 1. The Bertz CT molecular complexity index is 418. The molecule has 0 aliphatic carbocycles. The Labute approximate surface area is 84.8 Å². The summed E-state index contributed by atoms with van der Waals surface area (Å²) in [5.41, 5.74) is 4.79. The standard InChI is InChI=1S/C9H9FN2O3/c10-8-5-7(12(14)15)4-6(9(8)13)2-1-3-11/h1-2,4-5,13H,3,11H2/b2-1+. The Morgan fingerprint density at radius 2 is 2.27 bits per heavy atom. The molecule has 1 rings (SSSR count). The van der Waals surface area contributed by atoms with E-state index >= 15 is 0 Å². The molecule has 0 aromatic heterocycles. The highest BCUT2D eigenvalue weighted by molar-refractivity contribution is 5.61. The molecule has 0 heterocycles. The van der Waals surface area contributed by atoms with Crippen LogP contribution in [-0.4, -0.2) is 16.6 Å². The fourth-order valence-electron chi connectivity index (χ4n) is 1.03. The molecule has 0 spiro atoms. The van der Waals surface area contributed by atoms with Crippen molar-refractivity contribution >= 4 is 11.8 Å². The van der Waals surface area contributed by atoms with Gasteiger partial charge in [0.2, 0.25) is 0 Å². The third-order valence-corrected chi connectivity index (χ3v) is 1.72. The van der Waals surface area contributed by atoms with Gasteiger partial charge < -0.3 is 10.8 Å². The van der Waals surface area contributed by atoms with Gasteiger partial charge >= 0.3 is 0 Å². The first-order chi connectivity index (χ1) is 7.06. The maximum atomic E-state index is 13.0. The predicted octanol–water partition coefficient (Wildman–Crippen LogP) is 1.41. The summed E-state index contributed by atoms with van der Waals surface area (Å²) in [6.45, 7) is 0.198. The van der Waals surface area contributed by atoms with E-state index in [1.165, 1.54) is 12.2 Å².